The van der Waals surface area contributed by atoms with Crippen LogP contribution in [-0.4, -0.2) is 29.1 Å². The van der Waals surface area contributed by atoms with Crippen molar-refractivity contribution < 1.29 is 9.53 Å². The number of aliphatic imine (C=N–C) groups is 1. The SMILES string of the molecule is C=N/C(N)=C\C(=C/C)c1ccnn1-c1cccc(C(=O)OCC)c1. The molecule has 0 saturated heterocycles. The van der Waals surface area contributed by atoms with Crippen molar-refractivity contribution in [1.29, 1.82) is 0 Å². The van der Waals surface area contributed by atoms with E-state index in [-0.39, 0.29) is 5.97 Å². The van der Waals surface area contributed by atoms with E-state index in [9.17, 15) is 4.79 Å². The molecule has 2 aromatic rings. The van der Waals surface area contributed by atoms with Crippen LogP contribution in [0.15, 0.2) is 59.5 Å². The van der Waals surface area contributed by atoms with Crippen molar-refractivity contribution in [2.24, 2.45) is 10.7 Å². The second kappa shape index (κ2) is 7.92. The lowest BCUT2D eigenvalue weighted by molar-refractivity contribution is 0.0526. The van der Waals surface area contributed by atoms with Crippen LogP contribution < -0.4 is 5.73 Å². The van der Waals surface area contributed by atoms with Gasteiger partial charge in [0.15, 0.2) is 0 Å². The van der Waals surface area contributed by atoms with Gasteiger partial charge in [0.2, 0.25) is 0 Å². The Balaban J connectivity index is 2.45. The highest BCUT2D eigenvalue weighted by atomic mass is 16.5. The third-order valence-electron chi connectivity index (χ3n) is 3.34. The fourth-order valence-corrected chi connectivity index (χ4v) is 2.22. The zero-order chi connectivity index (χ0) is 17.5. The summed E-state index contributed by atoms with van der Waals surface area (Å²) in [6.07, 6.45) is 5.30. The number of aromatic nitrogens is 2. The average Bonchev–Trinajstić information content (AvgIpc) is 3.09. The summed E-state index contributed by atoms with van der Waals surface area (Å²) in [6, 6.07) is 8.96. The van der Waals surface area contributed by atoms with Gasteiger partial charge in [-0.3, -0.25) is 0 Å². The van der Waals surface area contributed by atoms with Crippen LogP contribution in [0.1, 0.15) is 29.9 Å². The zero-order valence-corrected chi connectivity index (χ0v) is 13.8. The molecule has 124 valence electrons. The Morgan fingerprint density at radius 1 is 1.46 bits per heavy atom. The Hall–Kier alpha value is -3.15. The molecule has 0 unspecified atom stereocenters. The third kappa shape index (κ3) is 3.78. The molecule has 6 heteroatoms. The minimum atomic E-state index is -0.362. The van der Waals surface area contributed by atoms with Crippen molar-refractivity contribution in [1.82, 2.24) is 9.78 Å². The van der Waals surface area contributed by atoms with E-state index in [2.05, 4.69) is 16.8 Å². The number of benzene rings is 1. The molecule has 0 aliphatic rings. The van der Waals surface area contributed by atoms with Crippen LogP contribution >= 0.6 is 0 Å². The molecule has 0 aliphatic heterocycles. The highest BCUT2D eigenvalue weighted by molar-refractivity contribution is 5.90. The molecule has 0 saturated carbocycles. The first-order valence-electron chi connectivity index (χ1n) is 7.52. The van der Waals surface area contributed by atoms with Gasteiger partial charge in [0.05, 0.1) is 29.7 Å². The van der Waals surface area contributed by atoms with Crippen molar-refractivity contribution in [2.75, 3.05) is 6.61 Å². The number of nitrogens with two attached hydrogens (primary N) is 1. The molecule has 1 aromatic heterocycles. The zero-order valence-electron chi connectivity index (χ0n) is 13.8. The fraction of sp³-hybridized carbons (Fsp3) is 0.167. The predicted octanol–water partition coefficient (Wildman–Crippen LogP) is 2.95. The minimum Gasteiger partial charge on any atom is -0.462 e. The topological polar surface area (TPSA) is 82.5 Å². The van der Waals surface area contributed by atoms with Crippen molar-refractivity contribution in [3.05, 3.63) is 65.8 Å². The van der Waals surface area contributed by atoms with Gasteiger partial charge in [0, 0.05) is 0 Å². The fourth-order valence-electron chi connectivity index (χ4n) is 2.22. The van der Waals surface area contributed by atoms with Gasteiger partial charge in [0.25, 0.3) is 0 Å². The van der Waals surface area contributed by atoms with Crippen LogP contribution in [0.2, 0.25) is 0 Å². The molecule has 0 radical (unpaired) electrons. The van der Waals surface area contributed by atoms with Crippen LogP contribution in [-0.2, 0) is 4.74 Å². The molecule has 0 atom stereocenters. The lowest BCUT2D eigenvalue weighted by Gasteiger charge is -2.10. The van der Waals surface area contributed by atoms with Crippen molar-refractivity contribution in [3.8, 4) is 5.69 Å². The number of carbonyl (C=O) groups excluding carboxylic acids is 1. The summed E-state index contributed by atoms with van der Waals surface area (Å²) in [6.45, 7) is 7.42. The van der Waals surface area contributed by atoms with Crippen LogP contribution in [0.4, 0.5) is 0 Å². The summed E-state index contributed by atoms with van der Waals surface area (Å²) in [5.41, 5.74) is 8.63. The van der Waals surface area contributed by atoms with E-state index in [1.165, 1.54) is 0 Å². The second-order valence-corrected chi connectivity index (χ2v) is 4.87. The van der Waals surface area contributed by atoms with Crippen LogP contribution in [0.25, 0.3) is 11.3 Å². The number of hydrogen-bond acceptors (Lipinski definition) is 5. The Labute approximate surface area is 141 Å². The lowest BCUT2D eigenvalue weighted by Crippen LogP contribution is -2.07. The molecule has 0 amide bonds. The molecule has 1 heterocycles. The molecule has 2 N–H and O–H groups in total. The van der Waals surface area contributed by atoms with Gasteiger partial charge in [0.1, 0.15) is 5.82 Å². The van der Waals surface area contributed by atoms with E-state index < -0.39 is 0 Å². The quantitative estimate of drug-likeness (QED) is 0.503. The van der Waals surface area contributed by atoms with Gasteiger partial charge >= 0.3 is 5.97 Å². The number of hydrogen-bond donors (Lipinski definition) is 1. The normalized spacial score (nSPS) is 12.1. The first-order chi connectivity index (χ1) is 11.6. The highest BCUT2D eigenvalue weighted by Crippen LogP contribution is 2.21. The van der Waals surface area contributed by atoms with Crippen LogP contribution in [0.5, 0.6) is 0 Å². The van der Waals surface area contributed by atoms with Gasteiger partial charge in [-0.1, -0.05) is 12.1 Å². The summed E-state index contributed by atoms with van der Waals surface area (Å²) in [5.74, 6) is -0.0459. The lowest BCUT2D eigenvalue weighted by atomic mass is 10.1. The first-order valence-corrected chi connectivity index (χ1v) is 7.52. The summed E-state index contributed by atoms with van der Waals surface area (Å²) in [7, 11) is 0. The Bertz CT molecular complexity index is 803. The van der Waals surface area contributed by atoms with Gasteiger partial charge in [-0.05, 0) is 56.5 Å². The Morgan fingerprint density at radius 2 is 2.25 bits per heavy atom. The number of carbonyl (C=O) groups is 1. The van der Waals surface area contributed by atoms with E-state index in [0.717, 1.165) is 17.0 Å². The molecule has 24 heavy (non-hydrogen) atoms. The standard InChI is InChI=1S/C18H20N4O2/c1-4-13(12-17(19)20-3)16-9-10-21-22(16)15-8-6-7-14(11-15)18(23)24-5-2/h4,6-12H,3,5,19H2,1-2H3/b13-4+,17-12-. The molecule has 2 rings (SSSR count). The smallest absolute Gasteiger partial charge is 0.338 e. The predicted molar refractivity (Wildman–Crippen MR) is 95.0 cm³/mol. The van der Waals surface area contributed by atoms with Crippen molar-refractivity contribution in [3.63, 3.8) is 0 Å². The maximum Gasteiger partial charge on any atom is 0.338 e. The molecule has 0 spiro atoms. The number of rotatable bonds is 6. The molecule has 0 fully saturated rings. The maximum atomic E-state index is 11.9. The maximum absolute atomic E-state index is 11.9. The number of esters is 1. The molecule has 0 bridgehead atoms. The molecule has 6 nitrogen and oxygen atoms in total. The van der Waals surface area contributed by atoms with E-state index in [1.807, 2.05) is 25.1 Å². The first kappa shape index (κ1) is 17.2. The van der Waals surface area contributed by atoms with E-state index in [4.69, 9.17) is 10.5 Å². The molecule has 0 aliphatic carbocycles. The summed E-state index contributed by atoms with van der Waals surface area (Å²) >= 11 is 0. The van der Waals surface area contributed by atoms with Gasteiger partial charge in [-0.2, -0.15) is 5.10 Å². The number of ether oxygens (including phenoxy) is 1. The summed E-state index contributed by atoms with van der Waals surface area (Å²) in [4.78, 5) is 15.6. The number of allylic oxidation sites excluding steroid dienone is 3. The van der Waals surface area contributed by atoms with E-state index >= 15 is 0 Å². The monoisotopic (exact) mass is 324 g/mol. The highest BCUT2D eigenvalue weighted by Gasteiger charge is 2.12. The van der Waals surface area contributed by atoms with E-state index in [1.54, 1.807) is 42.1 Å². The Kier molecular flexibility index (Phi) is 5.68. The second-order valence-electron chi connectivity index (χ2n) is 4.87. The third-order valence-corrected chi connectivity index (χ3v) is 3.34. The largest absolute Gasteiger partial charge is 0.462 e. The summed E-state index contributed by atoms with van der Waals surface area (Å²) in [5, 5.41) is 4.34. The van der Waals surface area contributed by atoms with Gasteiger partial charge < -0.3 is 10.5 Å². The molecular weight excluding hydrogens is 304 g/mol. The van der Waals surface area contributed by atoms with Crippen molar-refractivity contribution >= 4 is 18.3 Å². The van der Waals surface area contributed by atoms with Crippen LogP contribution in [0, 0.1) is 0 Å². The van der Waals surface area contributed by atoms with Crippen molar-refractivity contribution in [2.45, 2.75) is 13.8 Å². The Morgan fingerprint density at radius 3 is 2.92 bits per heavy atom. The van der Waals surface area contributed by atoms with Gasteiger partial charge in [-0.25, -0.2) is 14.5 Å². The summed E-state index contributed by atoms with van der Waals surface area (Å²) < 4.78 is 6.77. The average molecular weight is 324 g/mol. The molecular formula is C18H20N4O2. The molecule has 1 aromatic carbocycles. The van der Waals surface area contributed by atoms with E-state index in [0.29, 0.717) is 18.0 Å². The van der Waals surface area contributed by atoms with Crippen LogP contribution in [0.3, 0.4) is 0 Å². The number of nitrogens with zero attached hydrogens (tertiary/aromatic N) is 3. The van der Waals surface area contributed by atoms with Gasteiger partial charge in [-0.15, -0.1) is 0 Å². The minimum absolute atomic E-state index is 0.316.